The maximum absolute atomic E-state index is 12.5. The number of nitrogens with zero attached hydrogens (tertiary/aromatic N) is 1. The number of carbonyl (C=O) groups excluding carboxylic acids is 1. The average Bonchev–Trinajstić information content (AvgIpc) is 2.89. The molecule has 0 aliphatic carbocycles. The number of rotatable bonds is 18. The SMILES string of the molecule is CCCCCCCCCCCCCCOc1ccc(CN(C(C)=O)c2cccc(CBr)c2)cc1C(C)(C)C. The molecular weight excluding hydrogens is 534 g/mol. The van der Waals surface area contributed by atoms with Gasteiger partial charge >= 0.3 is 0 Å². The summed E-state index contributed by atoms with van der Waals surface area (Å²) in [6, 6.07) is 14.6. The number of anilines is 1. The van der Waals surface area contributed by atoms with E-state index in [1.165, 1.54) is 76.2 Å². The summed E-state index contributed by atoms with van der Waals surface area (Å²) in [5.41, 5.74) is 4.36. The Morgan fingerprint density at radius 3 is 1.97 bits per heavy atom. The molecule has 0 N–H and O–H groups in total. The van der Waals surface area contributed by atoms with Crippen LogP contribution in [0.25, 0.3) is 0 Å². The lowest BCUT2D eigenvalue weighted by molar-refractivity contribution is -0.116. The van der Waals surface area contributed by atoms with Gasteiger partial charge in [0.05, 0.1) is 13.2 Å². The van der Waals surface area contributed by atoms with E-state index in [1.54, 1.807) is 6.92 Å². The molecular formula is C34H52BrNO2. The predicted molar refractivity (Wildman–Crippen MR) is 168 cm³/mol. The first kappa shape index (κ1) is 32.4. The highest BCUT2D eigenvalue weighted by atomic mass is 79.9. The molecule has 0 bridgehead atoms. The Morgan fingerprint density at radius 2 is 1.42 bits per heavy atom. The molecule has 0 fully saturated rings. The van der Waals surface area contributed by atoms with Gasteiger partial charge in [0.25, 0.3) is 0 Å². The van der Waals surface area contributed by atoms with E-state index in [9.17, 15) is 4.79 Å². The minimum absolute atomic E-state index is 0.0428. The van der Waals surface area contributed by atoms with Gasteiger partial charge in [-0.15, -0.1) is 0 Å². The number of unbranched alkanes of at least 4 members (excludes halogenated alkanes) is 11. The van der Waals surface area contributed by atoms with Gasteiger partial charge in [-0.3, -0.25) is 4.79 Å². The van der Waals surface area contributed by atoms with Crippen LogP contribution in [0.2, 0.25) is 0 Å². The van der Waals surface area contributed by atoms with Gasteiger partial charge in [0.2, 0.25) is 5.91 Å². The van der Waals surface area contributed by atoms with Gasteiger partial charge < -0.3 is 9.64 Å². The minimum Gasteiger partial charge on any atom is -0.493 e. The Hall–Kier alpha value is -1.81. The van der Waals surface area contributed by atoms with E-state index in [0.717, 1.165) is 40.9 Å². The zero-order valence-electron chi connectivity index (χ0n) is 24.8. The number of carbonyl (C=O) groups is 1. The number of halogens is 1. The predicted octanol–water partition coefficient (Wildman–Crippen LogP) is 10.5. The van der Waals surface area contributed by atoms with Crippen molar-refractivity contribution in [1.29, 1.82) is 0 Å². The van der Waals surface area contributed by atoms with E-state index >= 15 is 0 Å². The lowest BCUT2D eigenvalue weighted by atomic mass is 9.85. The molecule has 0 aromatic heterocycles. The minimum atomic E-state index is -0.0428. The quantitative estimate of drug-likeness (QED) is 0.128. The van der Waals surface area contributed by atoms with Crippen LogP contribution in [0.15, 0.2) is 42.5 Å². The molecule has 2 aromatic rings. The van der Waals surface area contributed by atoms with Gasteiger partial charge in [-0.1, -0.05) is 132 Å². The highest BCUT2D eigenvalue weighted by molar-refractivity contribution is 9.08. The summed E-state index contributed by atoms with van der Waals surface area (Å²) in [6.07, 6.45) is 16.2. The van der Waals surface area contributed by atoms with E-state index in [1.807, 2.05) is 17.0 Å². The van der Waals surface area contributed by atoms with Gasteiger partial charge in [0, 0.05) is 17.9 Å². The third-order valence-corrected chi connectivity index (χ3v) is 7.85. The van der Waals surface area contributed by atoms with Crippen LogP contribution in [-0.4, -0.2) is 12.5 Å². The molecule has 0 saturated heterocycles. The summed E-state index contributed by atoms with van der Waals surface area (Å²) in [5, 5.41) is 0.770. The summed E-state index contributed by atoms with van der Waals surface area (Å²) >= 11 is 3.52. The summed E-state index contributed by atoms with van der Waals surface area (Å²) < 4.78 is 6.29. The van der Waals surface area contributed by atoms with Crippen molar-refractivity contribution in [2.45, 2.75) is 129 Å². The van der Waals surface area contributed by atoms with Crippen molar-refractivity contribution < 1.29 is 9.53 Å². The van der Waals surface area contributed by atoms with Crippen LogP contribution in [0.3, 0.4) is 0 Å². The number of amides is 1. The highest BCUT2D eigenvalue weighted by Crippen LogP contribution is 2.33. The van der Waals surface area contributed by atoms with E-state index in [-0.39, 0.29) is 11.3 Å². The zero-order chi connectivity index (χ0) is 27.8. The van der Waals surface area contributed by atoms with Gasteiger partial charge in [-0.2, -0.15) is 0 Å². The number of hydrogen-bond acceptors (Lipinski definition) is 2. The second kappa shape index (κ2) is 17.7. The maximum atomic E-state index is 12.5. The second-order valence-corrected chi connectivity index (χ2v) is 12.3. The number of hydrogen-bond donors (Lipinski definition) is 0. The Labute approximate surface area is 241 Å². The van der Waals surface area contributed by atoms with Crippen molar-refractivity contribution in [2.24, 2.45) is 0 Å². The Balaban J connectivity index is 1.85. The molecule has 0 heterocycles. The number of benzene rings is 2. The molecule has 2 aromatic carbocycles. The molecule has 4 heteroatoms. The Bertz CT molecular complexity index is 950. The lowest BCUT2D eigenvalue weighted by Crippen LogP contribution is -2.28. The lowest BCUT2D eigenvalue weighted by Gasteiger charge is -2.26. The van der Waals surface area contributed by atoms with E-state index in [4.69, 9.17) is 4.74 Å². The van der Waals surface area contributed by atoms with Crippen molar-refractivity contribution in [1.82, 2.24) is 0 Å². The van der Waals surface area contributed by atoms with Crippen molar-refractivity contribution >= 4 is 27.5 Å². The maximum Gasteiger partial charge on any atom is 0.224 e. The Kier molecular flexibility index (Phi) is 15.1. The fourth-order valence-electron chi connectivity index (χ4n) is 4.89. The summed E-state index contributed by atoms with van der Waals surface area (Å²) in [7, 11) is 0. The van der Waals surface area contributed by atoms with Gasteiger partial charge in [0.1, 0.15) is 5.75 Å². The fraction of sp³-hybridized carbons (Fsp3) is 0.618. The molecule has 0 saturated carbocycles. The summed E-state index contributed by atoms with van der Waals surface area (Å²) in [5.74, 6) is 1.02. The number of alkyl halides is 1. The third-order valence-electron chi connectivity index (χ3n) is 7.20. The normalized spacial score (nSPS) is 11.5. The van der Waals surface area contributed by atoms with E-state index in [0.29, 0.717) is 6.54 Å². The second-order valence-electron chi connectivity index (χ2n) is 11.7. The molecule has 0 atom stereocenters. The molecule has 38 heavy (non-hydrogen) atoms. The van der Waals surface area contributed by atoms with E-state index in [2.05, 4.69) is 74.0 Å². The van der Waals surface area contributed by atoms with Crippen LogP contribution in [0, 0.1) is 0 Å². The first-order valence-corrected chi connectivity index (χ1v) is 16.1. The molecule has 0 aliphatic rings. The smallest absolute Gasteiger partial charge is 0.224 e. The monoisotopic (exact) mass is 585 g/mol. The molecule has 212 valence electrons. The molecule has 1 amide bonds. The number of ether oxygens (including phenoxy) is 1. The van der Waals surface area contributed by atoms with Crippen molar-refractivity contribution in [3.05, 3.63) is 59.2 Å². The van der Waals surface area contributed by atoms with Gasteiger partial charge in [-0.25, -0.2) is 0 Å². The van der Waals surface area contributed by atoms with Crippen LogP contribution >= 0.6 is 15.9 Å². The zero-order valence-corrected chi connectivity index (χ0v) is 26.4. The van der Waals surface area contributed by atoms with Gasteiger partial charge in [-0.05, 0) is 52.8 Å². The van der Waals surface area contributed by atoms with Crippen LogP contribution in [0.1, 0.15) is 128 Å². The third kappa shape index (κ3) is 11.9. The van der Waals surface area contributed by atoms with Crippen LogP contribution in [0.4, 0.5) is 5.69 Å². The van der Waals surface area contributed by atoms with Crippen molar-refractivity contribution in [2.75, 3.05) is 11.5 Å². The van der Waals surface area contributed by atoms with Crippen molar-refractivity contribution in [3.63, 3.8) is 0 Å². The standard InChI is InChI=1S/C34H52BrNO2/c1-6-7-8-9-10-11-12-13-14-15-16-17-23-38-33-22-21-30(25-32(33)34(3,4)5)27-36(28(2)37)31-20-18-19-29(24-31)26-35/h18-22,24-25H,6-17,23,26-27H2,1-5H3. The topological polar surface area (TPSA) is 29.5 Å². The molecule has 0 spiro atoms. The molecule has 0 aliphatic heterocycles. The summed E-state index contributed by atoms with van der Waals surface area (Å²) in [4.78, 5) is 14.4. The Morgan fingerprint density at radius 1 is 0.816 bits per heavy atom. The summed E-state index contributed by atoms with van der Waals surface area (Å²) in [6.45, 7) is 11.9. The van der Waals surface area contributed by atoms with Crippen molar-refractivity contribution in [3.8, 4) is 5.75 Å². The van der Waals surface area contributed by atoms with Crippen LogP contribution in [0.5, 0.6) is 5.75 Å². The molecule has 2 rings (SSSR count). The van der Waals surface area contributed by atoms with Gasteiger partial charge in [0.15, 0.2) is 0 Å². The first-order valence-electron chi connectivity index (χ1n) is 15.0. The molecule has 3 nitrogen and oxygen atoms in total. The average molecular weight is 587 g/mol. The first-order chi connectivity index (χ1) is 18.3. The van der Waals surface area contributed by atoms with Crippen LogP contribution in [-0.2, 0) is 22.1 Å². The molecule has 0 radical (unpaired) electrons. The van der Waals surface area contributed by atoms with E-state index < -0.39 is 0 Å². The fourth-order valence-corrected chi connectivity index (χ4v) is 5.24. The largest absolute Gasteiger partial charge is 0.493 e. The highest BCUT2D eigenvalue weighted by Gasteiger charge is 2.21. The molecule has 0 unspecified atom stereocenters. The van der Waals surface area contributed by atoms with Crippen LogP contribution < -0.4 is 9.64 Å².